The first-order valence-electron chi connectivity index (χ1n) is 9.34. The van der Waals surface area contributed by atoms with Crippen LogP contribution >= 0.6 is 11.6 Å². The molecule has 3 rings (SSSR count). The maximum Gasteiger partial charge on any atom is 0.310 e. The van der Waals surface area contributed by atoms with E-state index in [1.165, 1.54) is 6.33 Å². The normalized spacial score (nSPS) is 16.2. The van der Waals surface area contributed by atoms with E-state index >= 15 is 0 Å². The lowest BCUT2D eigenvalue weighted by molar-refractivity contribution is -0.148. The Morgan fingerprint density at radius 1 is 1.34 bits per heavy atom. The summed E-state index contributed by atoms with van der Waals surface area (Å²) < 4.78 is 5.14. The zero-order valence-electron chi connectivity index (χ0n) is 16.0. The Kier molecular flexibility index (Phi) is 6.71. The number of rotatable bonds is 6. The van der Waals surface area contributed by atoms with Crippen LogP contribution < -0.4 is 21.5 Å². The number of nitrogen functional groups attached to an aromatic ring is 1. The molecule has 1 saturated heterocycles. The smallest absolute Gasteiger partial charge is 0.310 e. The molecule has 0 radical (unpaired) electrons. The minimum Gasteiger partial charge on any atom is -0.466 e. The van der Waals surface area contributed by atoms with Crippen LogP contribution in [-0.2, 0) is 9.53 Å². The molecule has 1 amide bonds. The highest BCUT2D eigenvalue weighted by Crippen LogP contribution is 2.30. The summed E-state index contributed by atoms with van der Waals surface area (Å²) in [4.78, 5) is 34.7. The summed E-state index contributed by atoms with van der Waals surface area (Å²) >= 11 is 6.04. The highest BCUT2D eigenvalue weighted by atomic mass is 35.5. The van der Waals surface area contributed by atoms with Crippen molar-refractivity contribution in [1.29, 1.82) is 0 Å². The van der Waals surface area contributed by atoms with Crippen molar-refractivity contribution in [3.05, 3.63) is 41.2 Å². The number of carbonyl (C=O) groups excluding carboxylic acids is 2. The van der Waals surface area contributed by atoms with Crippen LogP contribution in [0, 0.1) is 5.92 Å². The van der Waals surface area contributed by atoms with Gasteiger partial charge in [-0.2, -0.15) is 0 Å². The summed E-state index contributed by atoms with van der Waals surface area (Å²) in [5, 5.41) is 0.335. The van der Waals surface area contributed by atoms with Crippen molar-refractivity contribution >= 4 is 40.8 Å². The SMILES string of the molecule is CCOC(=O)C1CCCN(c2ncnc(NNC(=O)c3ccccc3Cl)c2N)C1. The Morgan fingerprint density at radius 3 is 2.90 bits per heavy atom. The molecule has 1 aromatic heterocycles. The molecular formula is C19H23ClN6O3. The van der Waals surface area contributed by atoms with E-state index in [4.69, 9.17) is 22.1 Å². The van der Waals surface area contributed by atoms with Gasteiger partial charge in [-0.15, -0.1) is 0 Å². The average molecular weight is 419 g/mol. The zero-order chi connectivity index (χ0) is 20.8. The molecule has 2 heterocycles. The number of halogens is 1. The van der Waals surface area contributed by atoms with Crippen molar-refractivity contribution in [1.82, 2.24) is 15.4 Å². The molecule has 1 fully saturated rings. The molecule has 4 N–H and O–H groups in total. The van der Waals surface area contributed by atoms with Crippen LogP contribution in [0.2, 0.25) is 5.02 Å². The van der Waals surface area contributed by atoms with Gasteiger partial charge in [-0.05, 0) is 31.9 Å². The predicted molar refractivity (Wildman–Crippen MR) is 111 cm³/mol. The Labute approximate surface area is 173 Å². The minimum absolute atomic E-state index is 0.213. The van der Waals surface area contributed by atoms with E-state index in [-0.39, 0.29) is 23.4 Å². The number of piperidine rings is 1. The molecule has 10 heteroatoms. The number of benzene rings is 1. The second kappa shape index (κ2) is 9.42. The van der Waals surface area contributed by atoms with Crippen molar-refractivity contribution in [3.8, 4) is 0 Å². The molecule has 0 aliphatic carbocycles. The van der Waals surface area contributed by atoms with Gasteiger partial charge in [-0.1, -0.05) is 23.7 Å². The van der Waals surface area contributed by atoms with Gasteiger partial charge in [-0.25, -0.2) is 9.97 Å². The topological polar surface area (TPSA) is 122 Å². The number of hydrogen-bond donors (Lipinski definition) is 3. The van der Waals surface area contributed by atoms with Crippen LogP contribution in [-0.4, -0.2) is 41.5 Å². The molecule has 0 saturated carbocycles. The lowest BCUT2D eigenvalue weighted by atomic mass is 9.98. The molecule has 0 spiro atoms. The summed E-state index contributed by atoms with van der Waals surface area (Å²) in [6, 6.07) is 6.69. The van der Waals surface area contributed by atoms with E-state index in [2.05, 4.69) is 20.8 Å². The molecule has 1 aromatic carbocycles. The number of esters is 1. The summed E-state index contributed by atoms with van der Waals surface area (Å²) in [5.41, 5.74) is 12.1. The van der Waals surface area contributed by atoms with Gasteiger partial charge in [-0.3, -0.25) is 20.4 Å². The number of amides is 1. The van der Waals surface area contributed by atoms with E-state index in [9.17, 15) is 9.59 Å². The van der Waals surface area contributed by atoms with Crippen molar-refractivity contribution in [2.75, 3.05) is 35.8 Å². The minimum atomic E-state index is -0.421. The fourth-order valence-electron chi connectivity index (χ4n) is 3.19. The van der Waals surface area contributed by atoms with Gasteiger partial charge < -0.3 is 15.4 Å². The van der Waals surface area contributed by atoms with E-state index in [1.807, 2.05) is 4.90 Å². The third-order valence-corrected chi connectivity index (χ3v) is 4.95. The number of ether oxygens (including phenoxy) is 1. The fourth-order valence-corrected chi connectivity index (χ4v) is 3.41. The number of hydrogen-bond acceptors (Lipinski definition) is 8. The van der Waals surface area contributed by atoms with Gasteiger partial charge in [0.15, 0.2) is 11.6 Å². The first kappa shape index (κ1) is 20.7. The van der Waals surface area contributed by atoms with Gasteiger partial charge in [0, 0.05) is 13.1 Å². The van der Waals surface area contributed by atoms with E-state index in [0.717, 1.165) is 12.8 Å². The van der Waals surface area contributed by atoms with Crippen LogP contribution in [0.4, 0.5) is 17.3 Å². The molecular weight excluding hydrogens is 396 g/mol. The van der Waals surface area contributed by atoms with Crippen LogP contribution in [0.15, 0.2) is 30.6 Å². The molecule has 2 aromatic rings. The van der Waals surface area contributed by atoms with Gasteiger partial charge >= 0.3 is 5.97 Å². The Bertz CT molecular complexity index is 894. The Hall–Kier alpha value is -3.07. The van der Waals surface area contributed by atoms with E-state index in [0.29, 0.717) is 36.1 Å². The standard InChI is InChI=1S/C19H23ClN6O3/c1-2-29-19(28)12-6-5-9-26(10-12)17-15(21)16(22-11-23-17)24-25-18(27)13-7-3-4-8-14(13)20/h3-4,7-8,11-12H,2,5-6,9-10,21H2,1H3,(H,25,27)(H,22,23,24). The average Bonchev–Trinajstić information content (AvgIpc) is 2.73. The highest BCUT2D eigenvalue weighted by molar-refractivity contribution is 6.33. The van der Waals surface area contributed by atoms with Gasteiger partial charge in [0.2, 0.25) is 0 Å². The highest BCUT2D eigenvalue weighted by Gasteiger charge is 2.29. The summed E-state index contributed by atoms with van der Waals surface area (Å²) in [5.74, 6) is -0.0998. The molecule has 29 heavy (non-hydrogen) atoms. The summed E-state index contributed by atoms with van der Waals surface area (Å²) in [7, 11) is 0. The van der Waals surface area contributed by atoms with Crippen LogP contribution in [0.3, 0.4) is 0 Å². The summed E-state index contributed by atoms with van der Waals surface area (Å²) in [6.07, 6.45) is 2.93. The first-order chi connectivity index (χ1) is 14.0. The van der Waals surface area contributed by atoms with E-state index in [1.54, 1.807) is 31.2 Å². The van der Waals surface area contributed by atoms with E-state index < -0.39 is 5.91 Å². The molecule has 154 valence electrons. The van der Waals surface area contributed by atoms with Gasteiger partial charge in [0.1, 0.15) is 12.0 Å². The van der Waals surface area contributed by atoms with Crippen LogP contribution in [0.1, 0.15) is 30.1 Å². The maximum atomic E-state index is 12.3. The van der Waals surface area contributed by atoms with Gasteiger partial charge in [0.25, 0.3) is 5.91 Å². The van der Waals surface area contributed by atoms with Crippen LogP contribution in [0.5, 0.6) is 0 Å². The first-order valence-corrected chi connectivity index (χ1v) is 9.72. The molecule has 1 unspecified atom stereocenters. The van der Waals surface area contributed by atoms with Crippen molar-refractivity contribution in [2.24, 2.45) is 5.92 Å². The molecule has 0 bridgehead atoms. The summed E-state index contributed by atoms with van der Waals surface area (Å²) in [6.45, 7) is 3.31. The number of hydrazine groups is 1. The fraction of sp³-hybridized carbons (Fsp3) is 0.368. The second-order valence-corrected chi connectivity index (χ2v) is 6.96. The van der Waals surface area contributed by atoms with Crippen molar-refractivity contribution < 1.29 is 14.3 Å². The molecule has 1 aliphatic rings. The quantitative estimate of drug-likeness (QED) is 0.482. The number of carbonyl (C=O) groups is 2. The Morgan fingerprint density at radius 2 is 2.14 bits per heavy atom. The van der Waals surface area contributed by atoms with Crippen molar-refractivity contribution in [2.45, 2.75) is 19.8 Å². The number of nitrogens with two attached hydrogens (primary N) is 1. The molecule has 1 atom stereocenters. The zero-order valence-corrected chi connectivity index (χ0v) is 16.8. The number of nitrogens with zero attached hydrogens (tertiary/aromatic N) is 3. The molecule has 9 nitrogen and oxygen atoms in total. The second-order valence-electron chi connectivity index (χ2n) is 6.56. The number of nitrogens with one attached hydrogen (secondary N) is 2. The lowest BCUT2D eigenvalue weighted by Gasteiger charge is -2.33. The maximum absolute atomic E-state index is 12.3. The monoisotopic (exact) mass is 418 g/mol. The Balaban J connectivity index is 1.70. The molecule has 1 aliphatic heterocycles. The lowest BCUT2D eigenvalue weighted by Crippen LogP contribution is -2.40. The number of anilines is 3. The van der Waals surface area contributed by atoms with Gasteiger partial charge in [0.05, 0.1) is 23.1 Å². The van der Waals surface area contributed by atoms with Crippen molar-refractivity contribution in [3.63, 3.8) is 0 Å². The largest absolute Gasteiger partial charge is 0.466 e. The van der Waals surface area contributed by atoms with Crippen LogP contribution in [0.25, 0.3) is 0 Å². The third-order valence-electron chi connectivity index (χ3n) is 4.62. The third kappa shape index (κ3) is 4.86. The predicted octanol–water partition coefficient (Wildman–Crippen LogP) is 2.25. The number of aromatic nitrogens is 2.